The molecule has 35 heavy (non-hydrogen) atoms. The first-order valence-corrected chi connectivity index (χ1v) is 10.9. The normalized spacial score (nSPS) is 10.8. The van der Waals surface area contributed by atoms with E-state index in [-0.39, 0.29) is 0 Å². The number of nitrogens with one attached hydrogen (secondary N) is 2. The van der Waals surface area contributed by atoms with Gasteiger partial charge < -0.3 is 10.6 Å². The molecule has 0 aliphatic carbocycles. The lowest BCUT2D eigenvalue weighted by Gasteiger charge is -2.09. The number of fused-ring (bicyclic) bond motifs is 2. The van der Waals surface area contributed by atoms with Crippen LogP contribution < -0.4 is 10.6 Å². The van der Waals surface area contributed by atoms with Crippen LogP contribution in [0.3, 0.4) is 0 Å². The summed E-state index contributed by atoms with van der Waals surface area (Å²) in [5.41, 5.74) is 6.74. The second-order valence-electron chi connectivity index (χ2n) is 7.92. The third kappa shape index (κ3) is 4.10. The number of benzene rings is 2. The first-order chi connectivity index (χ1) is 17.2. The summed E-state index contributed by atoms with van der Waals surface area (Å²) in [6.45, 7) is 0. The van der Waals surface area contributed by atoms with Crippen molar-refractivity contribution in [3.05, 3.63) is 103 Å². The first-order valence-electron chi connectivity index (χ1n) is 10.9. The minimum atomic E-state index is 0.590. The zero-order valence-corrected chi connectivity index (χ0v) is 18.4. The Morgan fingerprint density at radius 3 is 2.40 bits per heavy atom. The predicted molar refractivity (Wildman–Crippen MR) is 136 cm³/mol. The van der Waals surface area contributed by atoms with Crippen LogP contribution >= 0.6 is 0 Å². The van der Waals surface area contributed by atoms with Gasteiger partial charge in [-0.1, -0.05) is 0 Å². The average molecular weight is 454 g/mol. The Labute approximate surface area is 200 Å². The molecule has 0 saturated carbocycles. The van der Waals surface area contributed by atoms with Crippen LogP contribution in [-0.2, 0) is 0 Å². The molecule has 2 N–H and O–H groups in total. The van der Waals surface area contributed by atoms with E-state index in [4.69, 9.17) is 0 Å². The summed E-state index contributed by atoms with van der Waals surface area (Å²) in [5.74, 6) is 0.644. The van der Waals surface area contributed by atoms with Crippen LogP contribution in [-0.4, -0.2) is 24.6 Å². The van der Waals surface area contributed by atoms with Gasteiger partial charge in [-0.2, -0.15) is 5.26 Å². The van der Waals surface area contributed by atoms with Crippen LogP contribution in [0.25, 0.3) is 27.9 Å². The molecule has 0 aliphatic heterocycles. The molecular weight excluding hydrogens is 436 g/mol. The van der Waals surface area contributed by atoms with Crippen LogP contribution in [0, 0.1) is 11.3 Å². The van der Waals surface area contributed by atoms with Crippen LogP contribution in [0.1, 0.15) is 5.56 Å². The number of hydrogen-bond donors (Lipinski definition) is 2. The van der Waals surface area contributed by atoms with E-state index >= 15 is 0 Å². The zero-order valence-electron chi connectivity index (χ0n) is 18.4. The fraction of sp³-hybridized carbons (Fsp3) is 0. The average Bonchev–Trinajstić information content (AvgIpc) is 3.33. The minimum absolute atomic E-state index is 0.590. The van der Waals surface area contributed by atoms with Gasteiger partial charge in [-0.25, -0.2) is 9.50 Å². The second kappa shape index (κ2) is 8.57. The van der Waals surface area contributed by atoms with E-state index in [0.29, 0.717) is 11.4 Å². The van der Waals surface area contributed by atoms with Gasteiger partial charge in [0, 0.05) is 46.6 Å². The number of rotatable bonds is 5. The van der Waals surface area contributed by atoms with Gasteiger partial charge in [0.25, 0.3) is 0 Å². The third-order valence-corrected chi connectivity index (χ3v) is 5.59. The SMILES string of the molecule is N#Cc1ccc2nccc(Nc3ccc4nc(-c5ccc(Nc6ccncc6)cc5)nn4c3)c2c1. The number of nitrogens with zero attached hydrogens (tertiary/aromatic N) is 6. The number of anilines is 4. The molecule has 0 amide bonds. The van der Waals surface area contributed by atoms with Crippen molar-refractivity contribution in [2.75, 3.05) is 10.6 Å². The molecule has 2 aromatic carbocycles. The summed E-state index contributed by atoms with van der Waals surface area (Å²) in [5, 5.41) is 21.6. The molecule has 6 rings (SSSR count). The Hall–Kier alpha value is -5.29. The van der Waals surface area contributed by atoms with Crippen LogP contribution in [0.4, 0.5) is 22.7 Å². The number of nitriles is 1. The van der Waals surface area contributed by atoms with E-state index in [2.05, 4.69) is 36.8 Å². The molecule has 0 radical (unpaired) electrons. The molecule has 8 heteroatoms. The van der Waals surface area contributed by atoms with Gasteiger partial charge in [-0.05, 0) is 72.8 Å². The fourth-order valence-corrected chi connectivity index (χ4v) is 3.86. The van der Waals surface area contributed by atoms with Gasteiger partial charge in [0.1, 0.15) is 0 Å². The molecule has 0 atom stereocenters. The van der Waals surface area contributed by atoms with Crippen molar-refractivity contribution in [3.63, 3.8) is 0 Å². The van der Waals surface area contributed by atoms with E-state index in [1.807, 2.05) is 72.9 Å². The lowest BCUT2D eigenvalue weighted by Crippen LogP contribution is -1.96. The highest BCUT2D eigenvalue weighted by molar-refractivity contribution is 5.93. The van der Waals surface area contributed by atoms with Crippen LogP contribution in [0.5, 0.6) is 0 Å². The molecule has 166 valence electrons. The summed E-state index contributed by atoms with van der Waals surface area (Å²) < 4.78 is 1.75. The second-order valence-corrected chi connectivity index (χ2v) is 7.92. The molecule has 0 bridgehead atoms. The molecule has 0 unspecified atom stereocenters. The maximum absolute atomic E-state index is 9.26. The third-order valence-electron chi connectivity index (χ3n) is 5.59. The lowest BCUT2D eigenvalue weighted by molar-refractivity contribution is 0.967. The largest absolute Gasteiger partial charge is 0.355 e. The van der Waals surface area contributed by atoms with Crippen molar-refractivity contribution < 1.29 is 0 Å². The predicted octanol–water partition coefficient (Wildman–Crippen LogP) is 5.70. The van der Waals surface area contributed by atoms with Gasteiger partial charge in [0.15, 0.2) is 11.5 Å². The van der Waals surface area contributed by atoms with E-state index in [9.17, 15) is 5.26 Å². The molecule has 8 nitrogen and oxygen atoms in total. The van der Waals surface area contributed by atoms with Crippen molar-refractivity contribution >= 4 is 39.3 Å². The molecule has 0 saturated heterocycles. The van der Waals surface area contributed by atoms with Crippen molar-refractivity contribution in [1.82, 2.24) is 24.6 Å². The summed E-state index contributed by atoms with van der Waals surface area (Å²) in [7, 11) is 0. The van der Waals surface area contributed by atoms with E-state index in [1.54, 1.807) is 29.2 Å². The Balaban J connectivity index is 1.26. The number of pyridine rings is 3. The summed E-state index contributed by atoms with van der Waals surface area (Å²) >= 11 is 0. The molecule has 4 aromatic heterocycles. The van der Waals surface area contributed by atoms with E-state index in [1.165, 1.54) is 0 Å². The molecular formula is C27H18N8. The first kappa shape index (κ1) is 20.3. The van der Waals surface area contributed by atoms with Gasteiger partial charge >= 0.3 is 0 Å². The fourth-order valence-electron chi connectivity index (χ4n) is 3.86. The highest BCUT2D eigenvalue weighted by atomic mass is 15.3. The monoisotopic (exact) mass is 454 g/mol. The topological polar surface area (TPSA) is 104 Å². The number of aromatic nitrogens is 5. The van der Waals surface area contributed by atoms with Crippen LogP contribution in [0.2, 0.25) is 0 Å². The molecule has 6 aromatic rings. The van der Waals surface area contributed by atoms with Gasteiger partial charge in [0.05, 0.1) is 29.0 Å². The van der Waals surface area contributed by atoms with Crippen molar-refractivity contribution in [2.45, 2.75) is 0 Å². The summed E-state index contributed by atoms with van der Waals surface area (Å²) in [6.07, 6.45) is 7.14. The van der Waals surface area contributed by atoms with Crippen molar-refractivity contribution in [2.24, 2.45) is 0 Å². The van der Waals surface area contributed by atoms with Gasteiger partial charge in [-0.15, -0.1) is 5.10 Å². The number of hydrogen-bond acceptors (Lipinski definition) is 7. The van der Waals surface area contributed by atoms with Gasteiger partial charge in [0.2, 0.25) is 0 Å². The Morgan fingerprint density at radius 1 is 0.771 bits per heavy atom. The lowest BCUT2D eigenvalue weighted by atomic mass is 10.1. The molecule has 4 heterocycles. The highest BCUT2D eigenvalue weighted by Crippen LogP contribution is 2.27. The molecule has 0 fully saturated rings. The van der Waals surface area contributed by atoms with Crippen LogP contribution in [0.15, 0.2) is 97.6 Å². The molecule has 0 aliphatic rings. The summed E-state index contributed by atoms with van der Waals surface area (Å²) in [6, 6.07) is 25.2. The van der Waals surface area contributed by atoms with Crippen molar-refractivity contribution in [1.29, 1.82) is 5.26 Å². The standard InChI is InChI=1S/C27H18N8/c28-16-18-1-7-24-23(15-18)25(11-14-30-24)32-22-6-8-26-33-27(34-35(26)17-22)19-2-4-20(5-3-19)31-21-9-12-29-13-10-21/h1-15,17H,(H,29,31)(H,30,32). The minimum Gasteiger partial charge on any atom is -0.355 e. The Morgan fingerprint density at radius 2 is 1.57 bits per heavy atom. The van der Waals surface area contributed by atoms with E-state index < -0.39 is 0 Å². The molecule has 0 spiro atoms. The Bertz CT molecular complexity index is 1700. The van der Waals surface area contributed by atoms with E-state index in [0.717, 1.165) is 44.9 Å². The quantitative estimate of drug-likeness (QED) is 0.344. The summed E-state index contributed by atoms with van der Waals surface area (Å²) in [4.78, 5) is 13.1. The maximum Gasteiger partial charge on any atom is 0.182 e. The smallest absolute Gasteiger partial charge is 0.182 e. The Kier molecular flexibility index (Phi) is 4.98. The zero-order chi connectivity index (χ0) is 23.6. The van der Waals surface area contributed by atoms with Crippen molar-refractivity contribution in [3.8, 4) is 17.5 Å². The maximum atomic E-state index is 9.26. The van der Waals surface area contributed by atoms with Gasteiger partial charge in [-0.3, -0.25) is 9.97 Å². The highest BCUT2D eigenvalue weighted by Gasteiger charge is 2.09.